The number of rotatable bonds is 5. The molecule has 0 aliphatic carbocycles. The molecule has 0 heterocycles. The summed E-state index contributed by atoms with van der Waals surface area (Å²) in [5.41, 5.74) is 2.64. The Morgan fingerprint density at radius 3 is 2.61 bits per heavy atom. The first kappa shape index (κ1) is 16.9. The molecule has 2 aromatic rings. The van der Waals surface area contributed by atoms with Crippen molar-refractivity contribution in [3.05, 3.63) is 64.2 Å². The summed E-state index contributed by atoms with van der Waals surface area (Å²) in [5, 5.41) is 11.9. The van der Waals surface area contributed by atoms with Gasteiger partial charge in [0.1, 0.15) is 5.75 Å². The van der Waals surface area contributed by atoms with Gasteiger partial charge in [0.2, 0.25) is 0 Å². The minimum absolute atomic E-state index is 0.231. The highest BCUT2D eigenvalue weighted by atomic mass is 35.5. The first-order valence-corrected chi connectivity index (χ1v) is 7.57. The van der Waals surface area contributed by atoms with E-state index in [9.17, 15) is 4.79 Å². The fraction of sp³-hybridized carbons (Fsp3) is 0.222. The summed E-state index contributed by atoms with van der Waals surface area (Å²) in [4.78, 5) is 12.1. The van der Waals surface area contributed by atoms with E-state index < -0.39 is 6.10 Å². The van der Waals surface area contributed by atoms with Crippen LogP contribution in [-0.2, 0) is 11.3 Å². The van der Waals surface area contributed by atoms with Crippen LogP contribution in [0, 0.1) is 18.3 Å². The molecule has 0 fully saturated rings. The van der Waals surface area contributed by atoms with E-state index in [1.807, 2.05) is 37.3 Å². The Morgan fingerprint density at radius 2 is 2.00 bits per heavy atom. The molecule has 0 spiro atoms. The maximum atomic E-state index is 12.1. The smallest absolute Gasteiger partial charge is 0.261 e. The average Bonchev–Trinajstić information content (AvgIpc) is 2.55. The van der Waals surface area contributed by atoms with Gasteiger partial charge in [-0.05, 0) is 37.6 Å². The van der Waals surface area contributed by atoms with E-state index >= 15 is 0 Å². The predicted octanol–water partition coefficient (Wildman–Crippen LogP) is 3.60. The molecule has 1 N–H and O–H groups in total. The van der Waals surface area contributed by atoms with Gasteiger partial charge in [-0.15, -0.1) is 0 Å². The Hall–Kier alpha value is -2.51. The van der Waals surface area contributed by atoms with Crippen molar-refractivity contribution in [1.29, 1.82) is 5.26 Å². The highest BCUT2D eigenvalue weighted by Crippen LogP contribution is 2.26. The minimum atomic E-state index is -0.689. The van der Waals surface area contributed by atoms with Gasteiger partial charge in [-0.25, -0.2) is 0 Å². The number of hydrogen-bond acceptors (Lipinski definition) is 3. The molecule has 0 aromatic heterocycles. The van der Waals surface area contributed by atoms with Crippen molar-refractivity contribution in [2.75, 3.05) is 0 Å². The molecule has 2 aromatic carbocycles. The third-order valence-corrected chi connectivity index (χ3v) is 3.62. The normalized spacial score (nSPS) is 11.4. The second-order valence-corrected chi connectivity index (χ2v) is 5.63. The Balaban J connectivity index is 1.92. The van der Waals surface area contributed by atoms with E-state index in [0.29, 0.717) is 22.9 Å². The van der Waals surface area contributed by atoms with E-state index in [2.05, 4.69) is 5.32 Å². The lowest BCUT2D eigenvalue weighted by atomic mass is 10.1. The first-order chi connectivity index (χ1) is 11.0. The minimum Gasteiger partial charge on any atom is -0.479 e. The summed E-state index contributed by atoms with van der Waals surface area (Å²) < 4.78 is 5.56. The zero-order chi connectivity index (χ0) is 16.8. The maximum Gasteiger partial charge on any atom is 0.261 e. The van der Waals surface area contributed by atoms with Gasteiger partial charge >= 0.3 is 0 Å². The zero-order valence-electron chi connectivity index (χ0n) is 13.0. The molecular weight excluding hydrogens is 312 g/mol. The molecule has 118 valence electrons. The Kier molecular flexibility index (Phi) is 5.61. The maximum absolute atomic E-state index is 12.1. The lowest BCUT2D eigenvalue weighted by Crippen LogP contribution is -2.35. The predicted molar refractivity (Wildman–Crippen MR) is 89.3 cm³/mol. The molecule has 0 unspecified atom stereocenters. The number of hydrogen-bond donors (Lipinski definition) is 1. The molecule has 0 bridgehead atoms. The Labute approximate surface area is 140 Å². The fourth-order valence-electron chi connectivity index (χ4n) is 1.95. The van der Waals surface area contributed by atoms with E-state index in [1.54, 1.807) is 19.1 Å². The lowest BCUT2D eigenvalue weighted by molar-refractivity contribution is -0.127. The quantitative estimate of drug-likeness (QED) is 0.912. The molecule has 0 aliphatic rings. The number of carbonyl (C=O) groups is 1. The highest BCUT2D eigenvalue weighted by Gasteiger charge is 2.16. The van der Waals surface area contributed by atoms with Gasteiger partial charge < -0.3 is 10.1 Å². The van der Waals surface area contributed by atoms with Crippen molar-refractivity contribution in [3.8, 4) is 11.8 Å². The zero-order valence-corrected chi connectivity index (χ0v) is 13.7. The molecule has 0 saturated heterocycles. The van der Waals surface area contributed by atoms with Gasteiger partial charge in [0.15, 0.2) is 6.10 Å². The molecule has 4 nitrogen and oxygen atoms in total. The molecule has 0 saturated carbocycles. The van der Waals surface area contributed by atoms with Crippen LogP contribution in [0.3, 0.4) is 0 Å². The summed E-state index contributed by atoms with van der Waals surface area (Å²) in [5.74, 6) is 0.148. The number of halogens is 1. The molecule has 2 rings (SSSR count). The standard InChI is InChI=1S/C18H17ClN2O2/c1-12-3-5-14(6-4-12)11-21-18(22)13(2)23-17-8-7-15(10-20)9-16(17)19/h3-9,13H,11H2,1-2H3,(H,21,22)/t13-/m0/s1. The van der Waals surface area contributed by atoms with Gasteiger partial charge in [-0.2, -0.15) is 5.26 Å². The van der Waals surface area contributed by atoms with Crippen molar-refractivity contribution in [2.24, 2.45) is 0 Å². The fourth-order valence-corrected chi connectivity index (χ4v) is 2.17. The van der Waals surface area contributed by atoms with Crippen LogP contribution < -0.4 is 10.1 Å². The van der Waals surface area contributed by atoms with Crippen molar-refractivity contribution >= 4 is 17.5 Å². The van der Waals surface area contributed by atoms with E-state index in [1.165, 1.54) is 11.6 Å². The van der Waals surface area contributed by atoms with Gasteiger partial charge in [-0.3, -0.25) is 4.79 Å². The van der Waals surface area contributed by atoms with Gasteiger partial charge in [0.05, 0.1) is 16.7 Å². The van der Waals surface area contributed by atoms with E-state index in [-0.39, 0.29) is 5.91 Å². The number of aryl methyl sites for hydroxylation is 1. The Bertz CT molecular complexity index is 736. The molecular formula is C18H17ClN2O2. The summed E-state index contributed by atoms with van der Waals surface area (Å²) >= 11 is 6.04. The molecule has 23 heavy (non-hydrogen) atoms. The SMILES string of the molecule is Cc1ccc(CNC(=O)[C@H](C)Oc2ccc(C#N)cc2Cl)cc1. The second kappa shape index (κ2) is 7.66. The van der Waals surface area contributed by atoms with Crippen LogP contribution in [0.2, 0.25) is 5.02 Å². The lowest BCUT2D eigenvalue weighted by Gasteiger charge is -2.15. The van der Waals surface area contributed by atoms with Crippen LogP contribution in [0.15, 0.2) is 42.5 Å². The number of carbonyl (C=O) groups excluding carboxylic acids is 1. The second-order valence-electron chi connectivity index (χ2n) is 5.22. The number of nitriles is 1. The molecule has 0 radical (unpaired) electrons. The van der Waals surface area contributed by atoms with Crippen molar-refractivity contribution in [3.63, 3.8) is 0 Å². The van der Waals surface area contributed by atoms with Crippen LogP contribution in [0.1, 0.15) is 23.6 Å². The van der Waals surface area contributed by atoms with Crippen LogP contribution in [0.25, 0.3) is 0 Å². The van der Waals surface area contributed by atoms with Crippen LogP contribution in [-0.4, -0.2) is 12.0 Å². The third-order valence-electron chi connectivity index (χ3n) is 3.32. The number of amides is 1. The van der Waals surface area contributed by atoms with Gasteiger partial charge in [0.25, 0.3) is 5.91 Å². The topological polar surface area (TPSA) is 62.1 Å². The van der Waals surface area contributed by atoms with Crippen molar-refractivity contribution < 1.29 is 9.53 Å². The monoisotopic (exact) mass is 328 g/mol. The number of benzene rings is 2. The number of nitrogens with one attached hydrogen (secondary N) is 1. The van der Waals surface area contributed by atoms with Crippen molar-refractivity contribution in [1.82, 2.24) is 5.32 Å². The summed E-state index contributed by atoms with van der Waals surface area (Å²) in [6.45, 7) is 4.10. The number of ether oxygens (including phenoxy) is 1. The van der Waals surface area contributed by atoms with Crippen LogP contribution >= 0.6 is 11.6 Å². The van der Waals surface area contributed by atoms with E-state index in [0.717, 1.165) is 5.56 Å². The van der Waals surface area contributed by atoms with E-state index in [4.69, 9.17) is 21.6 Å². The summed E-state index contributed by atoms with van der Waals surface area (Å²) in [6, 6.07) is 14.6. The largest absolute Gasteiger partial charge is 0.479 e. The van der Waals surface area contributed by atoms with Gasteiger partial charge in [0, 0.05) is 6.54 Å². The summed E-state index contributed by atoms with van der Waals surface area (Å²) in [7, 11) is 0. The van der Waals surface area contributed by atoms with Crippen LogP contribution in [0.5, 0.6) is 5.75 Å². The highest BCUT2D eigenvalue weighted by molar-refractivity contribution is 6.32. The summed E-state index contributed by atoms with van der Waals surface area (Å²) in [6.07, 6.45) is -0.689. The Morgan fingerprint density at radius 1 is 1.30 bits per heavy atom. The van der Waals surface area contributed by atoms with Crippen LogP contribution in [0.4, 0.5) is 0 Å². The first-order valence-electron chi connectivity index (χ1n) is 7.19. The number of nitrogens with zero attached hydrogens (tertiary/aromatic N) is 1. The molecule has 1 amide bonds. The molecule has 1 atom stereocenters. The van der Waals surface area contributed by atoms with Crippen molar-refractivity contribution in [2.45, 2.75) is 26.5 Å². The third kappa shape index (κ3) is 4.73. The molecule has 0 aliphatic heterocycles. The van der Waals surface area contributed by atoms with Gasteiger partial charge in [-0.1, -0.05) is 41.4 Å². The molecule has 5 heteroatoms. The average molecular weight is 329 g/mol.